The van der Waals surface area contributed by atoms with Crippen LogP contribution in [0.1, 0.15) is 11.3 Å². The van der Waals surface area contributed by atoms with Gasteiger partial charge < -0.3 is 9.47 Å². The Morgan fingerprint density at radius 2 is 1.71 bits per heavy atom. The molecule has 0 aliphatic carbocycles. The zero-order valence-electron chi connectivity index (χ0n) is 11.4. The lowest BCUT2D eigenvalue weighted by molar-refractivity contribution is -0.153. The fourth-order valence-corrected chi connectivity index (χ4v) is 1.62. The number of hydrogen-bond acceptors (Lipinski definition) is 3. The van der Waals surface area contributed by atoms with Crippen LogP contribution in [-0.2, 0) is 6.61 Å². The third-order valence-electron chi connectivity index (χ3n) is 2.57. The Labute approximate surface area is 120 Å². The molecule has 21 heavy (non-hydrogen) atoms. The summed E-state index contributed by atoms with van der Waals surface area (Å²) in [6.45, 7) is 0.558. The third-order valence-corrected chi connectivity index (χ3v) is 2.57. The minimum atomic E-state index is -4.40. The number of pyridine rings is 1. The Balaban J connectivity index is 2.08. The standard InChI is InChI=1S/C15H14F3NO2/c1-11-7-8-13(21-10-15(16,17)18)14(19-11)20-9-12-5-3-2-4-6-12/h2-8H,9-10H2,1H3. The van der Waals surface area contributed by atoms with E-state index in [9.17, 15) is 13.2 Å². The second kappa shape index (κ2) is 6.47. The van der Waals surface area contributed by atoms with Crippen LogP contribution in [0.15, 0.2) is 42.5 Å². The number of aryl methyl sites for hydroxylation is 1. The molecule has 2 rings (SSSR count). The molecule has 0 unspecified atom stereocenters. The second-order valence-electron chi connectivity index (χ2n) is 4.43. The highest BCUT2D eigenvalue weighted by Crippen LogP contribution is 2.27. The first kappa shape index (κ1) is 15.2. The predicted molar refractivity (Wildman–Crippen MR) is 71.3 cm³/mol. The van der Waals surface area contributed by atoms with Crippen LogP contribution < -0.4 is 9.47 Å². The summed E-state index contributed by atoms with van der Waals surface area (Å²) >= 11 is 0. The van der Waals surface area contributed by atoms with Gasteiger partial charge in [0.25, 0.3) is 5.88 Å². The molecule has 0 aliphatic heterocycles. The quantitative estimate of drug-likeness (QED) is 0.838. The van der Waals surface area contributed by atoms with Gasteiger partial charge in [0.15, 0.2) is 12.4 Å². The van der Waals surface area contributed by atoms with Gasteiger partial charge in [0.05, 0.1) is 0 Å². The largest absolute Gasteiger partial charge is 0.478 e. The van der Waals surface area contributed by atoms with Crippen LogP contribution in [0.25, 0.3) is 0 Å². The summed E-state index contributed by atoms with van der Waals surface area (Å²) in [5.41, 5.74) is 1.53. The van der Waals surface area contributed by atoms with Crippen molar-refractivity contribution >= 4 is 0 Å². The van der Waals surface area contributed by atoms with Gasteiger partial charge >= 0.3 is 6.18 Å². The molecule has 0 fully saturated rings. The van der Waals surface area contributed by atoms with E-state index in [0.29, 0.717) is 5.69 Å². The first-order valence-electron chi connectivity index (χ1n) is 6.28. The molecule has 2 aromatic rings. The van der Waals surface area contributed by atoms with Crippen molar-refractivity contribution in [1.82, 2.24) is 4.98 Å². The Kier molecular flexibility index (Phi) is 4.67. The maximum Gasteiger partial charge on any atom is 0.422 e. The molecule has 1 heterocycles. The molecule has 0 bridgehead atoms. The van der Waals surface area contributed by atoms with Crippen molar-refractivity contribution in [2.75, 3.05) is 6.61 Å². The van der Waals surface area contributed by atoms with E-state index in [2.05, 4.69) is 4.98 Å². The van der Waals surface area contributed by atoms with E-state index in [4.69, 9.17) is 9.47 Å². The van der Waals surface area contributed by atoms with Crippen molar-refractivity contribution in [2.45, 2.75) is 19.7 Å². The van der Waals surface area contributed by atoms with Gasteiger partial charge in [-0.3, -0.25) is 0 Å². The molecule has 1 aromatic heterocycles. The first-order chi connectivity index (χ1) is 9.94. The van der Waals surface area contributed by atoms with Crippen molar-refractivity contribution in [3.05, 3.63) is 53.7 Å². The maximum atomic E-state index is 12.2. The first-order valence-corrected chi connectivity index (χ1v) is 6.28. The average Bonchev–Trinajstić information content (AvgIpc) is 2.44. The van der Waals surface area contributed by atoms with Gasteiger partial charge in [0.2, 0.25) is 0 Å². The predicted octanol–water partition coefficient (Wildman–Crippen LogP) is 3.91. The minimum absolute atomic E-state index is 0.0196. The summed E-state index contributed by atoms with van der Waals surface area (Å²) in [4.78, 5) is 4.07. The van der Waals surface area contributed by atoms with Gasteiger partial charge in [-0.25, -0.2) is 4.98 Å². The Morgan fingerprint density at radius 3 is 2.38 bits per heavy atom. The van der Waals surface area contributed by atoms with Crippen molar-refractivity contribution in [2.24, 2.45) is 0 Å². The molecule has 0 spiro atoms. The average molecular weight is 297 g/mol. The van der Waals surface area contributed by atoms with Gasteiger partial charge in [0.1, 0.15) is 6.61 Å². The molecule has 0 atom stereocenters. The van der Waals surface area contributed by atoms with E-state index < -0.39 is 12.8 Å². The van der Waals surface area contributed by atoms with Crippen LogP contribution in [0, 0.1) is 6.92 Å². The van der Waals surface area contributed by atoms with Crippen LogP contribution in [0.2, 0.25) is 0 Å². The minimum Gasteiger partial charge on any atom is -0.478 e. The SMILES string of the molecule is Cc1ccc(OCC(F)(F)F)c(OCc2ccccc2)n1. The number of alkyl halides is 3. The fraction of sp³-hybridized carbons (Fsp3) is 0.267. The molecule has 0 amide bonds. The Morgan fingerprint density at radius 1 is 1.00 bits per heavy atom. The zero-order chi connectivity index (χ0) is 15.3. The molecular weight excluding hydrogens is 283 g/mol. The maximum absolute atomic E-state index is 12.2. The monoisotopic (exact) mass is 297 g/mol. The molecule has 0 saturated heterocycles. The lowest BCUT2D eigenvalue weighted by Crippen LogP contribution is -2.19. The molecule has 0 aliphatic rings. The summed E-state index contributed by atoms with van der Waals surface area (Å²) in [6.07, 6.45) is -4.40. The smallest absolute Gasteiger partial charge is 0.422 e. The molecule has 6 heteroatoms. The van der Waals surface area contributed by atoms with Gasteiger partial charge in [-0.15, -0.1) is 0 Å². The number of aromatic nitrogens is 1. The lowest BCUT2D eigenvalue weighted by Gasteiger charge is -2.13. The topological polar surface area (TPSA) is 31.4 Å². The lowest BCUT2D eigenvalue weighted by atomic mass is 10.2. The normalized spacial score (nSPS) is 11.2. The number of rotatable bonds is 5. The van der Waals surface area contributed by atoms with Gasteiger partial charge in [0, 0.05) is 5.69 Å². The highest BCUT2D eigenvalue weighted by atomic mass is 19.4. The summed E-state index contributed by atoms with van der Waals surface area (Å²) in [6, 6.07) is 12.3. The van der Waals surface area contributed by atoms with Gasteiger partial charge in [-0.2, -0.15) is 13.2 Å². The summed E-state index contributed by atoms with van der Waals surface area (Å²) in [5, 5.41) is 0. The van der Waals surface area contributed by atoms with E-state index in [1.54, 1.807) is 13.0 Å². The van der Waals surface area contributed by atoms with E-state index in [-0.39, 0.29) is 18.2 Å². The Hall–Kier alpha value is -2.24. The zero-order valence-corrected chi connectivity index (χ0v) is 11.4. The molecule has 0 radical (unpaired) electrons. The van der Waals surface area contributed by atoms with Crippen LogP contribution in [0.4, 0.5) is 13.2 Å². The molecule has 1 aromatic carbocycles. The molecular formula is C15H14F3NO2. The van der Waals surface area contributed by atoms with Gasteiger partial charge in [-0.05, 0) is 24.6 Å². The van der Waals surface area contributed by atoms with E-state index in [0.717, 1.165) is 5.56 Å². The van der Waals surface area contributed by atoms with E-state index in [1.807, 2.05) is 30.3 Å². The fourth-order valence-electron chi connectivity index (χ4n) is 1.62. The number of ether oxygens (including phenoxy) is 2. The van der Waals surface area contributed by atoms with Crippen molar-refractivity contribution in [3.63, 3.8) is 0 Å². The number of nitrogens with zero attached hydrogens (tertiary/aromatic N) is 1. The van der Waals surface area contributed by atoms with Crippen LogP contribution >= 0.6 is 0 Å². The second-order valence-corrected chi connectivity index (χ2v) is 4.43. The number of halogens is 3. The van der Waals surface area contributed by atoms with E-state index in [1.165, 1.54) is 6.07 Å². The number of hydrogen-bond donors (Lipinski definition) is 0. The molecule has 0 N–H and O–H groups in total. The van der Waals surface area contributed by atoms with Crippen molar-refractivity contribution in [3.8, 4) is 11.6 Å². The van der Waals surface area contributed by atoms with E-state index >= 15 is 0 Å². The van der Waals surface area contributed by atoms with Crippen LogP contribution in [0.3, 0.4) is 0 Å². The Bertz CT molecular complexity index is 585. The number of benzene rings is 1. The third kappa shape index (κ3) is 4.98. The van der Waals surface area contributed by atoms with Crippen LogP contribution in [-0.4, -0.2) is 17.8 Å². The van der Waals surface area contributed by atoms with Crippen molar-refractivity contribution < 1.29 is 22.6 Å². The highest BCUT2D eigenvalue weighted by Gasteiger charge is 2.29. The van der Waals surface area contributed by atoms with Gasteiger partial charge in [-0.1, -0.05) is 30.3 Å². The highest BCUT2D eigenvalue weighted by molar-refractivity contribution is 5.35. The van der Waals surface area contributed by atoms with Crippen molar-refractivity contribution in [1.29, 1.82) is 0 Å². The molecule has 3 nitrogen and oxygen atoms in total. The summed E-state index contributed by atoms with van der Waals surface area (Å²) < 4.78 is 46.8. The van der Waals surface area contributed by atoms with Crippen LogP contribution in [0.5, 0.6) is 11.6 Å². The molecule has 112 valence electrons. The summed E-state index contributed by atoms with van der Waals surface area (Å²) in [7, 11) is 0. The molecule has 0 saturated carbocycles. The summed E-state index contributed by atoms with van der Waals surface area (Å²) in [5.74, 6) is 0.0389.